The summed E-state index contributed by atoms with van der Waals surface area (Å²) >= 11 is 0. The highest BCUT2D eigenvalue weighted by molar-refractivity contribution is 6.03. The lowest BCUT2D eigenvalue weighted by atomic mass is 10.0. The predicted molar refractivity (Wildman–Crippen MR) is 51.5 cm³/mol. The summed E-state index contributed by atoms with van der Waals surface area (Å²) in [6.45, 7) is 0. The summed E-state index contributed by atoms with van der Waals surface area (Å²) in [5.41, 5.74) is -3.97. The Morgan fingerprint density at radius 2 is 1.37 bits per heavy atom. The number of rotatable bonds is 3. The number of alkyl halides is 6. The smallest absolute Gasteiger partial charge is 0.303 e. The normalized spacial score (nSPS) is 12.3. The molecule has 1 aromatic rings. The Hall–Kier alpha value is -1.86. The summed E-state index contributed by atoms with van der Waals surface area (Å²) in [7, 11) is 0. The van der Waals surface area contributed by atoms with Crippen molar-refractivity contribution in [1.29, 1.82) is 0 Å². The number of hydrogen-bond acceptors (Lipinski definition) is 2. The maximum atomic E-state index is 12.4. The highest BCUT2D eigenvalue weighted by atomic mass is 19.4. The summed E-state index contributed by atoms with van der Waals surface area (Å²) < 4.78 is 74.6. The average molecular weight is 284 g/mol. The van der Waals surface area contributed by atoms with Gasteiger partial charge in [0, 0.05) is 5.56 Å². The average Bonchev–Trinajstić information content (AvgIpc) is 2.26. The molecule has 0 saturated heterocycles. The van der Waals surface area contributed by atoms with Crippen molar-refractivity contribution < 1.29 is 35.9 Å². The summed E-state index contributed by atoms with van der Waals surface area (Å²) in [5.74, 6) is -1.11. The van der Waals surface area contributed by atoms with Crippen LogP contribution in [0.25, 0.3) is 0 Å². The van der Waals surface area contributed by atoms with Gasteiger partial charge in [0.25, 0.3) is 0 Å². The Bertz CT molecular complexity index is 469. The number of halogens is 6. The van der Waals surface area contributed by atoms with E-state index in [1.54, 1.807) is 0 Å². The maximum absolute atomic E-state index is 12.4. The van der Waals surface area contributed by atoms with Crippen LogP contribution in [0.15, 0.2) is 18.2 Å². The summed E-state index contributed by atoms with van der Waals surface area (Å²) in [6, 6.07) is 0.500. The summed E-state index contributed by atoms with van der Waals surface area (Å²) in [4.78, 5) is 21.3. The fourth-order valence-electron chi connectivity index (χ4n) is 1.31. The van der Waals surface area contributed by atoms with E-state index < -0.39 is 41.2 Å². The zero-order valence-electron chi connectivity index (χ0n) is 9.10. The van der Waals surface area contributed by atoms with Crippen LogP contribution in [0.5, 0.6) is 0 Å². The molecule has 19 heavy (non-hydrogen) atoms. The first-order valence-corrected chi connectivity index (χ1v) is 4.82. The lowest BCUT2D eigenvalue weighted by molar-refractivity contribution is -0.143. The minimum Gasteiger partial charge on any atom is -0.303 e. The van der Waals surface area contributed by atoms with Crippen LogP contribution in [0, 0.1) is 0 Å². The Morgan fingerprint density at radius 1 is 0.947 bits per heavy atom. The van der Waals surface area contributed by atoms with E-state index in [9.17, 15) is 35.9 Å². The van der Waals surface area contributed by atoms with Crippen LogP contribution in [-0.4, -0.2) is 12.1 Å². The number of ketones is 1. The van der Waals surface area contributed by atoms with Gasteiger partial charge < -0.3 is 4.79 Å². The van der Waals surface area contributed by atoms with Crippen LogP contribution in [0.1, 0.15) is 27.9 Å². The molecule has 0 spiro atoms. The van der Waals surface area contributed by atoms with Gasteiger partial charge in [0.05, 0.1) is 17.5 Å². The molecule has 1 rings (SSSR count). The third-order valence-corrected chi connectivity index (χ3v) is 2.18. The van der Waals surface area contributed by atoms with Crippen molar-refractivity contribution in [3.63, 3.8) is 0 Å². The van der Waals surface area contributed by atoms with Crippen LogP contribution in [0.4, 0.5) is 26.3 Å². The van der Waals surface area contributed by atoms with Gasteiger partial charge in [-0.2, -0.15) is 26.3 Å². The molecule has 0 aliphatic carbocycles. The molecule has 0 saturated carbocycles. The van der Waals surface area contributed by atoms with E-state index >= 15 is 0 Å². The molecule has 1 aromatic carbocycles. The van der Waals surface area contributed by atoms with E-state index in [0.29, 0.717) is 12.1 Å². The van der Waals surface area contributed by atoms with Gasteiger partial charge in [-0.25, -0.2) is 0 Å². The van der Waals surface area contributed by atoms with Gasteiger partial charge in [0.1, 0.15) is 6.29 Å². The quantitative estimate of drug-likeness (QED) is 0.368. The molecule has 0 bridgehead atoms. The van der Waals surface area contributed by atoms with Crippen molar-refractivity contribution >= 4 is 12.1 Å². The fraction of sp³-hybridized carbons (Fsp3) is 0.273. The third-order valence-electron chi connectivity index (χ3n) is 2.18. The highest BCUT2D eigenvalue weighted by Gasteiger charge is 2.37. The van der Waals surface area contributed by atoms with Gasteiger partial charge in [-0.1, -0.05) is 0 Å². The van der Waals surface area contributed by atoms with Gasteiger partial charge >= 0.3 is 12.4 Å². The fourth-order valence-corrected chi connectivity index (χ4v) is 1.31. The van der Waals surface area contributed by atoms with E-state index in [1.807, 2.05) is 0 Å². The SMILES string of the molecule is O=CCC(=O)c1cc(C(F)(F)F)cc(C(F)(F)F)c1. The van der Waals surface area contributed by atoms with E-state index in [2.05, 4.69) is 0 Å². The zero-order valence-corrected chi connectivity index (χ0v) is 9.10. The second-order valence-corrected chi connectivity index (χ2v) is 3.59. The Labute approximate surface area is 103 Å². The highest BCUT2D eigenvalue weighted by Crippen LogP contribution is 2.36. The van der Waals surface area contributed by atoms with Crippen molar-refractivity contribution in [2.75, 3.05) is 0 Å². The molecular formula is C11H6F6O2. The molecule has 0 fully saturated rings. The van der Waals surface area contributed by atoms with Crippen LogP contribution in [-0.2, 0) is 17.1 Å². The predicted octanol–water partition coefficient (Wildman–Crippen LogP) is 3.50. The molecule has 8 heteroatoms. The molecule has 0 aliphatic heterocycles. The van der Waals surface area contributed by atoms with Crippen molar-refractivity contribution in [2.45, 2.75) is 18.8 Å². The van der Waals surface area contributed by atoms with E-state index in [0.717, 1.165) is 0 Å². The monoisotopic (exact) mass is 284 g/mol. The molecular weight excluding hydrogens is 278 g/mol. The lowest BCUT2D eigenvalue weighted by Gasteiger charge is -2.13. The number of Topliss-reactive ketones (excluding diaryl/α,β-unsaturated/α-hetero) is 1. The van der Waals surface area contributed by atoms with Gasteiger partial charge in [-0.05, 0) is 18.2 Å². The maximum Gasteiger partial charge on any atom is 0.416 e. The standard InChI is InChI=1S/C11H6F6O2/c12-10(13,14)7-3-6(9(19)1-2-18)4-8(5-7)11(15,16)17/h2-5H,1H2. The van der Waals surface area contributed by atoms with E-state index in [-0.39, 0.29) is 12.4 Å². The molecule has 0 aromatic heterocycles. The second-order valence-electron chi connectivity index (χ2n) is 3.59. The largest absolute Gasteiger partial charge is 0.416 e. The van der Waals surface area contributed by atoms with Crippen LogP contribution < -0.4 is 0 Å². The number of carbonyl (C=O) groups excluding carboxylic acids is 2. The van der Waals surface area contributed by atoms with E-state index in [4.69, 9.17) is 0 Å². The van der Waals surface area contributed by atoms with Crippen LogP contribution >= 0.6 is 0 Å². The van der Waals surface area contributed by atoms with Crippen molar-refractivity contribution in [3.8, 4) is 0 Å². The Balaban J connectivity index is 3.41. The van der Waals surface area contributed by atoms with Gasteiger partial charge in [-0.3, -0.25) is 4.79 Å². The second kappa shape index (κ2) is 5.02. The van der Waals surface area contributed by atoms with Crippen LogP contribution in [0.2, 0.25) is 0 Å². The summed E-state index contributed by atoms with van der Waals surface area (Å²) in [5, 5.41) is 0. The molecule has 104 valence electrons. The number of carbonyl (C=O) groups is 2. The van der Waals surface area contributed by atoms with E-state index in [1.165, 1.54) is 0 Å². The van der Waals surface area contributed by atoms with Crippen molar-refractivity contribution in [3.05, 3.63) is 34.9 Å². The molecule has 0 aliphatic rings. The first kappa shape index (κ1) is 15.2. The van der Waals surface area contributed by atoms with Gasteiger partial charge in [0.15, 0.2) is 5.78 Å². The first-order chi connectivity index (χ1) is 8.55. The Kier molecular flexibility index (Phi) is 4.02. The van der Waals surface area contributed by atoms with Gasteiger partial charge in [0.2, 0.25) is 0 Å². The number of hydrogen-bond donors (Lipinski definition) is 0. The third kappa shape index (κ3) is 3.80. The van der Waals surface area contributed by atoms with Gasteiger partial charge in [-0.15, -0.1) is 0 Å². The number of aldehydes is 1. The van der Waals surface area contributed by atoms with Crippen molar-refractivity contribution in [1.82, 2.24) is 0 Å². The topological polar surface area (TPSA) is 34.1 Å². The molecule has 0 radical (unpaired) electrons. The number of benzene rings is 1. The lowest BCUT2D eigenvalue weighted by Crippen LogP contribution is -2.13. The molecule has 0 amide bonds. The Morgan fingerprint density at radius 3 is 1.68 bits per heavy atom. The molecule has 0 unspecified atom stereocenters. The molecule has 0 atom stereocenters. The molecule has 0 heterocycles. The van der Waals surface area contributed by atoms with Crippen LogP contribution in [0.3, 0.4) is 0 Å². The molecule has 0 N–H and O–H groups in total. The van der Waals surface area contributed by atoms with Crippen molar-refractivity contribution in [2.24, 2.45) is 0 Å². The molecule has 2 nitrogen and oxygen atoms in total. The minimum atomic E-state index is -5.02. The first-order valence-electron chi connectivity index (χ1n) is 4.82. The minimum absolute atomic E-state index is 0.0856. The summed E-state index contributed by atoms with van der Waals surface area (Å²) in [6.07, 6.45) is -10.7. The zero-order chi connectivity index (χ0) is 14.8.